The molecule has 5 nitrogen and oxygen atoms in total. The number of halogens is 3. The molecular formula is C21H25F3N4O. The second-order valence-electron chi connectivity index (χ2n) is 7.93. The number of nitrogens with zero attached hydrogens (tertiary/aromatic N) is 3. The number of nitrogens with one attached hydrogen (secondary N) is 1. The smallest absolute Gasteiger partial charge is 0.353 e. The quantitative estimate of drug-likeness (QED) is 0.763. The van der Waals surface area contributed by atoms with Gasteiger partial charge in [-0.3, -0.25) is 9.78 Å². The van der Waals surface area contributed by atoms with Gasteiger partial charge in [0, 0.05) is 43.1 Å². The van der Waals surface area contributed by atoms with Gasteiger partial charge < -0.3 is 10.2 Å². The number of hydrogen-bond acceptors (Lipinski definition) is 5. The Balaban J connectivity index is 1.98. The number of ketones is 1. The van der Waals surface area contributed by atoms with Gasteiger partial charge in [-0.1, -0.05) is 13.8 Å². The van der Waals surface area contributed by atoms with E-state index in [1.165, 1.54) is 30.6 Å². The lowest BCUT2D eigenvalue weighted by Crippen LogP contribution is -2.56. The number of alkyl halides is 3. The Bertz CT molecular complexity index is 853. The van der Waals surface area contributed by atoms with Crippen molar-refractivity contribution in [2.24, 2.45) is 5.92 Å². The third-order valence-electron chi connectivity index (χ3n) is 4.86. The Morgan fingerprint density at radius 2 is 2.03 bits per heavy atom. The molecule has 2 atom stereocenters. The van der Waals surface area contributed by atoms with E-state index in [4.69, 9.17) is 0 Å². The molecule has 0 aromatic carbocycles. The summed E-state index contributed by atoms with van der Waals surface area (Å²) in [5.41, 5.74) is -1.54. The Hall–Kier alpha value is -2.48. The molecule has 0 spiro atoms. The van der Waals surface area contributed by atoms with Gasteiger partial charge in [-0.25, -0.2) is 4.98 Å². The largest absolute Gasteiger partial charge is 0.418 e. The lowest BCUT2D eigenvalue weighted by molar-refractivity contribution is -0.138. The van der Waals surface area contributed by atoms with Crippen LogP contribution in [0.4, 0.5) is 19.0 Å². The molecule has 1 aliphatic rings. The van der Waals surface area contributed by atoms with Crippen LogP contribution in [0.1, 0.15) is 48.8 Å². The molecular weight excluding hydrogens is 381 g/mol. The van der Waals surface area contributed by atoms with Crippen molar-refractivity contribution in [3.8, 4) is 0 Å². The van der Waals surface area contributed by atoms with Gasteiger partial charge in [-0.2, -0.15) is 13.2 Å². The number of pyridine rings is 2. The summed E-state index contributed by atoms with van der Waals surface area (Å²) in [6, 6.07) is 5.63. The zero-order chi connectivity index (χ0) is 21.2. The highest BCUT2D eigenvalue weighted by Gasteiger charge is 2.37. The number of hydrogen-bond donors (Lipinski definition) is 1. The van der Waals surface area contributed by atoms with Crippen LogP contribution in [0.2, 0.25) is 0 Å². The van der Waals surface area contributed by atoms with E-state index in [-0.39, 0.29) is 17.6 Å². The van der Waals surface area contributed by atoms with Gasteiger partial charge in [0.2, 0.25) is 5.78 Å². The molecule has 0 bridgehead atoms. The van der Waals surface area contributed by atoms with Crippen LogP contribution in [0.3, 0.4) is 0 Å². The van der Waals surface area contributed by atoms with Crippen LogP contribution in [-0.2, 0) is 6.18 Å². The fourth-order valence-corrected chi connectivity index (χ4v) is 3.74. The van der Waals surface area contributed by atoms with Crippen LogP contribution >= 0.6 is 0 Å². The predicted molar refractivity (Wildman–Crippen MR) is 105 cm³/mol. The van der Waals surface area contributed by atoms with Crippen molar-refractivity contribution in [3.63, 3.8) is 0 Å². The van der Waals surface area contributed by atoms with Gasteiger partial charge >= 0.3 is 6.18 Å². The van der Waals surface area contributed by atoms with E-state index in [1.807, 2.05) is 11.8 Å². The second kappa shape index (κ2) is 8.49. The highest BCUT2D eigenvalue weighted by atomic mass is 19.4. The fraction of sp³-hybridized carbons (Fsp3) is 0.476. The number of carbonyl (C=O) groups excluding carboxylic acids is 1. The zero-order valence-corrected chi connectivity index (χ0v) is 16.7. The lowest BCUT2D eigenvalue weighted by Gasteiger charge is -2.39. The molecule has 3 rings (SSSR count). The molecule has 3 heterocycles. The first-order valence-corrected chi connectivity index (χ1v) is 9.69. The average molecular weight is 406 g/mol. The molecule has 0 unspecified atom stereocenters. The maximum absolute atomic E-state index is 13.5. The van der Waals surface area contributed by atoms with E-state index < -0.39 is 23.2 Å². The summed E-state index contributed by atoms with van der Waals surface area (Å²) in [5, 5.41) is 3.52. The zero-order valence-electron chi connectivity index (χ0n) is 16.7. The molecule has 1 aliphatic heterocycles. The van der Waals surface area contributed by atoms with Crippen molar-refractivity contribution in [3.05, 3.63) is 53.5 Å². The molecule has 2 aromatic rings. The van der Waals surface area contributed by atoms with Crippen LogP contribution < -0.4 is 10.2 Å². The van der Waals surface area contributed by atoms with Crippen molar-refractivity contribution in [1.29, 1.82) is 0 Å². The minimum Gasteiger partial charge on any atom is -0.353 e. The van der Waals surface area contributed by atoms with Crippen molar-refractivity contribution < 1.29 is 18.0 Å². The molecule has 0 amide bonds. The molecule has 1 fully saturated rings. The van der Waals surface area contributed by atoms with E-state index in [0.29, 0.717) is 24.8 Å². The number of aromatic nitrogens is 2. The SMILES string of the molecule is CC(C)C[C@H]1CN(c2ccc(C(F)(F)F)c(C(=O)c3cccnc3)n2)C[C@H](C)N1. The van der Waals surface area contributed by atoms with Crippen molar-refractivity contribution >= 4 is 11.6 Å². The summed E-state index contributed by atoms with van der Waals surface area (Å²) in [7, 11) is 0. The van der Waals surface area contributed by atoms with Crippen molar-refractivity contribution in [1.82, 2.24) is 15.3 Å². The molecule has 1 saturated heterocycles. The molecule has 29 heavy (non-hydrogen) atoms. The minimum absolute atomic E-state index is 0.0778. The summed E-state index contributed by atoms with van der Waals surface area (Å²) in [5.74, 6) is 0.0875. The third-order valence-corrected chi connectivity index (χ3v) is 4.86. The second-order valence-corrected chi connectivity index (χ2v) is 7.93. The number of piperazine rings is 1. The molecule has 2 aromatic heterocycles. The van der Waals surface area contributed by atoms with E-state index >= 15 is 0 Å². The average Bonchev–Trinajstić information content (AvgIpc) is 2.66. The molecule has 8 heteroatoms. The molecule has 0 aliphatic carbocycles. The van der Waals surface area contributed by atoms with Gasteiger partial charge in [0.25, 0.3) is 0 Å². The van der Waals surface area contributed by atoms with E-state index in [2.05, 4.69) is 29.1 Å². The molecule has 156 valence electrons. The first-order valence-electron chi connectivity index (χ1n) is 9.69. The van der Waals surface area contributed by atoms with Crippen molar-refractivity contribution in [2.75, 3.05) is 18.0 Å². The number of rotatable bonds is 5. The van der Waals surface area contributed by atoms with Gasteiger partial charge in [0.1, 0.15) is 11.5 Å². The minimum atomic E-state index is -4.67. The molecule has 0 radical (unpaired) electrons. The maximum atomic E-state index is 13.5. The van der Waals surface area contributed by atoms with Crippen LogP contribution in [0.25, 0.3) is 0 Å². The topological polar surface area (TPSA) is 58.1 Å². The van der Waals surface area contributed by atoms with Gasteiger partial charge in [0.05, 0.1) is 5.56 Å². The first-order chi connectivity index (χ1) is 13.6. The maximum Gasteiger partial charge on any atom is 0.418 e. The number of carbonyl (C=O) groups is 1. The Morgan fingerprint density at radius 3 is 2.66 bits per heavy atom. The predicted octanol–water partition coefficient (Wildman–Crippen LogP) is 3.94. The first kappa shape index (κ1) is 21.2. The normalized spacial score (nSPS) is 20.2. The molecule has 0 saturated carbocycles. The monoisotopic (exact) mass is 406 g/mol. The van der Waals surface area contributed by atoms with Crippen LogP contribution in [0.5, 0.6) is 0 Å². The lowest BCUT2D eigenvalue weighted by atomic mass is 10.00. The van der Waals surface area contributed by atoms with E-state index in [0.717, 1.165) is 12.5 Å². The summed E-state index contributed by atoms with van der Waals surface area (Å²) in [6.45, 7) is 7.53. The highest BCUT2D eigenvalue weighted by Crippen LogP contribution is 2.34. The summed E-state index contributed by atoms with van der Waals surface area (Å²) >= 11 is 0. The van der Waals surface area contributed by atoms with E-state index in [9.17, 15) is 18.0 Å². The van der Waals surface area contributed by atoms with Crippen LogP contribution in [0, 0.1) is 5.92 Å². The Labute approximate surface area is 168 Å². The Morgan fingerprint density at radius 1 is 1.28 bits per heavy atom. The summed E-state index contributed by atoms with van der Waals surface area (Å²) in [4.78, 5) is 22.8. The van der Waals surface area contributed by atoms with Gasteiger partial charge in [-0.05, 0) is 43.5 Å². The van der Waals surface area contributed by atoms with E-state index in [1.54, 1.807) is 0 Å². The molecule has 1 N–H and O–H groups in total. The Kier molecular flexibility index (Phi) is 6.21. The highest BCUT2D eigenvalue weighted by molar-refractivity contribution is 6.08. The standard InChI is InChI=1S/C21H25F3N4O/c1-13(2)9-16-12-28(11-14(3)26-16)18-7-6-17(21(22,23)24)19(27-18)20(29)15-5-4-8-25-10-15/h4-8,10,13-14,16,26H,9,11-12H2,1-3H3/t14-,16-/m0/s1. The third kappa shape index (κ3) is 5.12. The summed E-state index contributed by atoms with van der Waals surface area (Å²) < 4.78 is 40.6. The number of anilines is 1. The van der Waals surface area contributed by atoms with Gasteiger partial charge in [-0.15, -0.1) is 0 Å². The summed E-state index contributed by atoms with van der Waals surface area (Å²) in [6.07, 6.45) is -1.01. The van der Waals surface area contributed by atoms with Crippen LogP contribution in [0.15, 0.2) is 36.7 Å². The fourth-order valence-electron chi connectivity index (χ4n) is 3.74. The van der Waals surface area contributed by atoms with Crippen molar-refractivity contribution in [2.45, 2.75) is 45.5 Å². The van der Waals surface area contributed by atoms with Gasteiger partial charge in [0.15, 0.2) is 0 Å². The van der Waals surface area contributed by atoms with Crippen LogP contribution in [-0.4, -0.2) is 40.9 Å².